The number of hydroxylamine groups is 1. The van der Waals surface area contributed by atoms with Crippen molar-refractivity contribution in [2.24, 2.45) is 0 Å². The van der Waals surface area contributed by atoms with Crippen LogP contribution in [-0.4, -0.2) is 29.3 Å². The van der Waals surface area contributed by atoms with E-state index in [1.54, 1.807) is 13.2 Å². The van der Waals surface area contributed by atoms with Crippen LogP contribution in [0.15, 0.2) is 23.6 Å². The summed E-state index contributed by atoms with van der Waals surface area (Å²) < 4.78 is 0. The van der Waals surface area contributed by atoms with Gasteiger partial charge in [-0.2, -0.15) is 5.48 Å². The highest BCUT2D eigenvalue weighted by Gasteiger charge is 2.35. The van der Waals surface area contributed by atoms with Crippen molar-refractivity contribution in [1.29, 1.82) is 0 Å². The molecule has 0 amide bonds. The van der Waals surface area contributed by atoms with E-state index in [0.717, 1.165) is 17.7 Å². The molecule has 1 atom stereocenters. The van der Waals surface area contributed by atoms with Gasteiger partial charge in [-0.25, -0.2) is 0 Å². The fourth-order valence-electron chi connectivity index (χ4n) is 2.05. The summed E-state index contributed by atoms with van der Waals surface area (Å²) in [5.41, 5.74) is 4.61. The lowest BCUT2D eigenvalue weighted by molar-refractivity contribution is -0.113. The summed E-state index contributed by atoms with van der Waals surface area (Å²) in [6, 6.07) is 0.618. The van der Waals surface area contributed by atoms with Crippen molar-refractivity contribution in [3.8, 4) is 0 Å². The van der Waals surface area contributed by atoms with E-state index in [1.807, 2.05) is 6.20 Å². The van der Waals surface area contributed by atoms with Crippen molar-refractivity contribution in [1.82, 2.24) is 10.4 Å². The van der Waals surface area contributed by atoms with Gasteiger partial charge in [0.25, 0.3) is 0 Å². The molecule has 0 radical (unpaired) electrons. The van der Waals surface area contributed by atoms with Gasteiger partial charge >= 0.3 is 0 Å². The summed E-state index contributed by atoms with van der Waals surface area (Å²) in [5.74, 6) is 0.0971. The van der Waals surface area contributed by atoms with Crippen LogP contribution in [-0.2, 0) is 9.63 Å². The summed E-state index contributed by atoms with van der Waals surface area (Å²) in [6.45, 7) is 6.55. The zero-order valence-corrected chi connectivity index (χ0v) is 9.28. The predicted molar refractivity (Wildman–Crippen MR) is 56.7 cm³/mol. The lowest BCUT2D eigenvalue weighted by Crippen LogP contribution is -2.43. The van der Waals surface area contributed by atoms with Crippen LogP contribution in [0.2, 0.25) is 0 Å². The average molecular weight is 208 g/mol. The fraction of sp³-hybridized carbons (Fsp3) is 0.545. The molecule has 1 N–H and O–H groups in total. The first-order valence-electron chi connectivity index (χ1n) is 5.20. The second kappa shape index (κ2) is 3.70. The van der Waals surface area contributed by atoms with Gasteiger partial charge in [-0.05, 0) is 20.8 Å². The zero-order valence-electron chi connectivity index (χ0n) is 9.28. The first-order valence-corrected chi connectivity index (χ1v) is 5.20. The number of nitrogens with zero attached hydrogens (tertiary/aromatic N) is 1. The maximum atomic E-state index is 11.5. The third kappa shape index (κ3) is 1.65. The third-order valence-corrected chi connectivity index (χ3v) is 2.83. The SMILES string of the molecule is CC(=O)C1=CN(C(C)C)C2CNOC=C12. The molecule has 0 aromatic carbocycles. The van der Waals surface area contributed by atoms with Crippen molar-refractivity contribution < 1.29 is 9.63 Å². The molecule has 0 saturated carbocycles. The summed E-state index contributed by atoms with van der Waals surface area (Å²) in [4.78, 5) is 18.7. The first-order chi connectivity index (χ1) is 7.11. The van der Waals surface area contributed by atoms with Gasteiger partial charge in [-0.15, -0.1) is 0 Å². The van der Waals surface area contributed by atoms with Crippen molar-refractivity contribution in [2.75, 3.05) is 6.54 Å². The molecule has 0 aliphatic carbocycles. The van der Waals surface area contributed by atoms with E-state index in [-0.39, 0.29) is 11.8 Å². The number of nitrogens with one attached hydrogen (secondary N) is 1. The molecule has 0 fully saturated rings. The molecular formula is C11H16N2O2. The van der Waals surface area contributed by atoms with Gasteiger partial charge in [0.05, 0.1) is 12.6 Å². The minimum atomic E-state index is 0.0971. The number of carbonyl (C=O) groups is 1. The van der Waals surface area contributed by atoms with E-state index in [2.05, 4.69) is 24.2 Å². The van der Waals surface area contributed by atoms with Crippen LogP contribution < -0.4 is 5.48 Å². The van der Waals surface area contributed by atoms with Crippen LogP contribution in [0.4, 0.5) is 0 Å². The molecule has 2 aliphatic heterocycles. The molecule has 0 aromatic heterocycles. The van der Waals surface area contributed by atoms with Gasteiger partial charge in [-0.1, -0.05) is 0 Å². The highest BCUT2D eigenvalue weighted by Crippen LogP contribution is 2.31. The van der Waals surface area contributed by atoms with E-state index < -0.39 is 0 Å². The van der Waals surface area contributed by atoms with Gasteiger partial charge in [0.1, 0.15) is 6.26 Å². The number of hydrogen-bond acceptors (Lipinski definition) is 4. The molecule has 0 saturated heterocycles. The van der Waals surface area contributed by atoms with Crippen LogP contribution in [0.1, 0.15) is 20.8 Å². The van der Waals surface area contributed by atoms with Crippen LogP contribution in [0, 0.1) is 0 Å². The number of hydrogen-bond donors (Lipinski definition) is 1. The molecule has 4 nitrogen and oxygen atoms in total. The van der Waals surface area contributed by atoms with Gasteiger partial charge in [0.2, 0.25) is 0 Å². The summed E-state index contributed by atoms with van der Waals surface area (Å²) >= 11 is 0. The Morgan fingerprint density at radius 1 is 1.67 bits per heavy atom. The largest absolute Gasteiger partial charge is 0.416 e. The summed E-state index contributed by atoms with van der Waals surface area (Å²) in [6.07, 6.45) is 3.59. The lowest BCUT2D eigenvalue weighted by atomic mass is 10.0. The second-order valence-electron chi connectivity index (χ2n) is 4.20. The Morgan fingerprint density at radius 2 is 2.40 bits per heavy atom. The molecule has 2 heterocycles. The Labute approximate surface area is 89.5 Å². The maximum absolute atomic E-state index is 11.5. The van der Waals surface area contributed by atoms with E-state index in [4.69, 9.17) is 4.84 Å². The maximum Gasteiger partial charge on any atom is 0.161 e. The predicted octanol–water partition coefficient (Wildman–Crippen LogP) is 0.971. The Hall–Kier alpha value is -1.29. The van der Waals surface area contributed by atoms with Crippen LogP contribution >= 0.6 is 0 Å². The molecular weight excluding hydrogens is 192 g/mol. The molecule has 0 aromatic rings. The molecule has 0 bridgehead atoms. The van der Waals surface area contributed by atoms with Gasteiger partial charge < -0.3 is 9.74 Å². The molecule has 15 heavy (non-hydrogen) atoms. The topological polar surface area (TPSA) is 41.6 Å². The highest BCUT2D eigenvalue weighted by atomic mass is 16.6. The Bertz CT molecular complexity index is 344. The smallest absolute Gasteiger partial charge is 0.161 e. The molecule has 2 aliphatic rings. The standard InChI is InChI=1S/C11H16N2O2/c1-7(2)13-5-9(8(3)14)10-6-15-12-4-11(10)13/h5-7,11-12H,4H2,1-3H3. The lowest BCUT2D eigenvalue weighted by Gasteiger charge is -2.31. The molecule has 82 valence electrons. The number of Topliss-reactive ketones (excluding diaryl/α,β-unsaturated/α-hetero) is 1. The van der Waals surface area contributed by atoms with E-state index >= 15 is 0 Å². The van der Waals surface area contributed by atoms with Gasteiger partial charge in [0.15, 0.2) is 5.78 Å². The summed E-state index contributed by atoms with van der Waals surface area (Å²) in [5, 5.41) is 0. The van der Waals surface area contributed by atoms with Crippen LogP contribution in [0.25, 0.3) is 0 Å². The van der Waals surface area contributed by atoms with E-state index in [1.165, 1.54) is 0 Å². The second-order valence-corrected chi connectivity index (χ2v) is 4.20. The summed E-state index contributed by atoms with van der Waals surface area (Å²) in [7, 11) is 0. The Kier molecular flexibility index (Phi) is 2.52. The number of ketones is 1. The van der Waals surface area contributed by atoms with Crippen molar-refractivity contribution >= 4 is 5.78 Å². The van der Waals surface area contributed by atoms with Gasteiger partial charge in [0, 0.05) is 23.4 Å². The Morgan fingerprint density at radius 3 is 3.00 bits per heavy atom. The number of fused-ring (bicyclic) bond motifs is 1. The van der Waals surface area contributed by atoms with Crippen molar-refractivity contribution in [2.45, 2.75) is 32.9 Å². The molecule has 4 heteroatoms. The highest BCUT2D eigenvalue weighted by molar-refractivity contribution is 5.98. The quantitative estimate of drug-likeness (QED) is 0.734. The van der Waals surface area contributed by atoms with Crippen LogP contribution in [0.5, 0.6) is 0 Å². The normalized spacial score (nSPS) is 24.5. The van der Waals surface area contributed by atoms with Crippen LogP contribution in [0.3, 0.4) is 0 Å². The minimum Gasteiger partial charge on any atom is -0.416 e. The number of carbonyl (C=O) groups excluding carboxylic acids is 1. The van der Waals surface area contributed by atoms with E-state index in [9.17, 15) is 4.79 Å². The van der Waals surface area contributed by atoms with E-state index in [0.29, 0.717) is 6.04 Å². The zero-order chi connectivity index (χ0) is 11.0. The Balaban J connectivity index is 2.35. The average Bonchev–Trinajstić information content (AvgIpc) is 2.56. The third-order valence-electron chi connectivity index (χ3n) is 2.83. The van der Waals surface area contributed by atoms with Crippen molar-refractivity contribution in [3.05, 3.63) is 23.6 Å². The fourth-order valence-corrected chi connectivity index (χ4v) is 2.05. The molecule has 1 unspecified atom stereocenters. The molecule has 2 rings (SSSR count). The monoisotopic (exact) mass is 208 g/mol. The molecule has 0 spiro atoms. The first kappa shape index (κ1) is 10.2. The van der Waals surface area contributed by atoms with Crippen molar-refractivity contribution in [3.63, 3.8) is 0 Å². The number of rotatable bonds is 2. The minimum absolute atomic E-state index is 0.0971. The van der Waals surface area contributed by atoms with Gasteiger partial charge in [-0.3, -0.25) is 4.79 Å².